The first-order valence-electron chi connectivity index (χ1n) is 6.54. The van der Waals surface area contributed by atoms with Gasteiger partial charge < -0.3 is 9.47 Å². The number of nitrogens with zero attached hydrogens (tertiary/aromatic N) is 3. The molecule has 1 aliphatic rings. The molecule has 1 fully saturated rings. The molecule has 3 rings (SSSR count). The molecule has 20 heavy (non-hydrogen) atoms. The number of hydrogen-bond acceptors (Lipinski definition) is 4. The van der Waals surface area contributed by atoms with Crippen LogP contribution in [0.25, 0.3) is 0 Å². The Bertz CT molecular complexity index is 576. The van der Waals surface area contributed by atoms with Gasteiger partial charge in [-0.25, -0.2) is 9.67 Å². The average Bonchev–Trinajstić information content (AvgIpc) is 3.04. The van der Waals surface area contributed by atoms with Gasteiger partial charge in [-0.05, 0) is 18.6 Å². The zero-order valence-electron chi connectivity index (χ0n) is 11.2. The van der Waals surface area contributed by atoms with E-state index in [1.807, 2.05) is 31.2 Å². The quantitative estimate of drug-likeness (QED) is 0.868. The van der Waals surface area contributed by atoms with Crippen LogP contribution in [0.1, 0.15) is 12.5 Å². The summed E-state index contributed by atoms with van der Waals surface area (Å²) in [5.74, 6) is -0.738. The summed E-state index contributed by atoms with van der Waals surface area (Å²) in [7, 11) is 0. The van der Waals surface area contributed by atoms with Crippen LogP contribution in [0.15, 0.2) is 36.9 Å². The van der Waals surface area contributed by atoms with Crippen molar-refractivity contribution in [3.05, 3.63) is 47.5 Å². The maximum atomic E-state index is 6.24. The van der Waals surface area contributed by atoms with E-state index < -0.39 is 5.79 Å². The Hall–Kier alpha value is -1.43. The molecule has 0 aliphatic carbocycles. The number of halogens is 1. The minimum atomic E-state index is -0.738. The molecule has 0 saturated carbocycles. The van der Waals surface area contributed by atoms with Gasteiger partial charge in [-0.3, -0.25) is 0 Å². The monoisotopic (exact) mass is 293 g/mol. The van der Waals surface area contributed by atoms with E-state index in [1.165, 1.54) is 6.33 Å². The fourth-order valence-electron chi connectivity index (χ4n) is 2.43. The van der Waals surface area contributed by atoms with E-state index in [2.05, 4.69) is 10.1 Å². The Morgan fingerprint density at radius 2 is 2.30 bits per heavy atom. The van der Waals surface area contributed by atoms with Gasteiger partial charge in [0, 0.05) is 11.4 Å². The van der Waals surface area contributed by atoms with Crippen molar-refractivity contribution in [2.24, 2.45) is 0 Å². The van der Waals surface area contributed by atoms with Crippen molar-refractivity contribution >= 4 is 11.6 Å². The van der Waals surface area contributed by atoms with E-state index in [1.54, 1.807) is 11.0 Å². The lowest BCUT2D eigenvalue weighted by molar-refractivity contribution is -0.176. The standard InChI is InChI=1S/C14H16ClN3O2/c1-11-7-19-14(20-11,8-18-10-16-9-17-18)6-12-4-2-3-5-13(12)15/h2-5,9-11H,6-8H2,1H3. The summed E-state index contributed by atoms with van der Waals surface area (Å²) in [6, 6.07) is 7.73. The van der Waals surface area contributed by atoms with E-state index in [0.29, 0.717) is 19.6 Å². The summed E-state index contributed by atoms with van der Waals surface area (Å²) in [6.07, 6.45) is 3.80. The van der Waals surface area contributed by atoms with Gasteiger partial charge in [-0.1, -0.05) is 29.8 Å². The molecule has 1 aliphatic heterocycles. The number of ether oxygens (including phenoxy) is 2. The number of rotatable bonds is 4. The Labute approximate surface area is 122 Å². The molecule has 0 bridgehead atoms. The summed E-state index contributed by atoms with van der Waals surface area (Å²) in [4.78, 5) is 3.95. The summed E-state index contributed by atoms with van der Waals surface area (Å²) in [5, 5.41) is 4.85. The van der Waals surface area contributed by atoms with Crippen molar-refractivity contribution < 1.29 is 9.47 Å². The van der Waals surface area contributed by atoms with Gasteiger partial charge in [0.25, 0.3) is 0 Å². The fraction of sp³-hybridized carbons (Fsp3) is 0.429. The predicted molar refractivity (Wildman–Crippen MR) is 74.4 cm³/mol. The number of aromatic nitrogens is 3. The topological polar surface area (TPSA) is 49.2 Å². The molecular formula is C14H16ClN3O2. The Morgan fingerprint density at radius 3 is 2.95 bits per heavy atom. The van der Waals surface area contributed by atoms with Gasteiger partial charge in [-0.2, -0.15) is 5.10 Å². The normalized spacial score (nSPS) is 26.0. The molecule has 0 amide bonds. The van der Waals surface area contributed by atoms with E-state index in [4.69, 9.17) is 21.1 Å². The van der Waals surface area contributed by atoms with Gasteiger partial charge >= 0.3 is 0 Å². The van der Waals surface area contributed by atoms with Crippen molar-refractivity contribution in [3.63, 3.8) is 0 Å². The molecule has 2 unspecified atom stereocenters. The summed E-state index contributed by atoms with van der Waals surface area (Å²) in [5.41, 5.74) is 1.00. The summed E-state index contributed by atoms with van der Waals surface area (Å²) < 4.78 is 13.6. The largest absolute Gasteiger partial charge is 0.345 e. The summed E-state index contributed by atoms with van der Waals surface area (Å²) in [6.45, 7) is 3.05. The highest BCUT2D eigenvalue weighted by atomic mass is 35.5. The SMILES string of the molecule is CC1COC(Cc2ccccc2Cl)(Cn2cncn2)O1. The number of hydrogen-bond donors (Lipinski definition) is 0. The van der Waals surface area contributed by atoms with Gasteiger partial charge in [0.2, 0.25) is 0 Å². The van der Waals surface area contributed by atoms with Crippen LogP contribution in [0.4, 0.5) is 0 Å². The van der Waals surface area contributed by atoms with E-state index >= 15 is 0 Å². The molecule has 0 N–H and O–H groups in total. The highest BCUT2D eigenvalue weighted by Gasteiger charge is 2.41. The Morgan fingerprint density at radius 1 is 1.45 bits per heavy atom. The second-order valence-corrected chi connectivity index (χ2v) is 5.42. The smallest absolute Gasteiger partial charge is 0.192 e. The minimum Gasteiger partial charge on any atom is -0.345 e. The number of benzene rings is 1. The molecule has 1 saturated heterocycles. The van der Waals surface area contributed by atoms with Crippen molar-refractivity contribution in [2.45, 2.75) is 31.8 Å². The van der Waals surface area contributed by atoms with Crippen molar-refractivity contribution in [1.82, 2.24) is 14.8 Å². The highest BCUT2D eigenvalue weighted by molar-refractivity contribution is 6.31. The second kappa shape index (κ2) is 5.52. The first kappa shape index (κ1) is 13.5. The third-order valence-corrected chi connectivity index (χ3v) is 3.65. The van der Waals surface area contributed by atoms with Crippen LogP contribution in [0.3, 0.4) is 0 Å². The van der Waals surface area contributed by atoms with Crippen molar-refractivity contribution in [2.75, 3.05) is 6.61 Å². The third kappa shape index (κ3) is 2.85. The van der Waals surface area contributed by atoms with Crippen LogP contribution in [0.2, 0.25) is 5.02 Å². The third-order valence-electron chi connectivity index (χ3n) is 3.28. The van der Waals surface area contributed by atoms with E-state index in [-0.39, 0.29) is 6.10 Å². The molecule has 1 aromatic carbocycles. The Kier molecular flexibility index (Phi) is 3.74. The zero-order valence-corrected chi connectivity index (χ0v) is 12.0. The van der Waals surface area contributed by atoms with Crippen molar-refractivity contribution in [1.29, 1.82) is 0 Å². The van der Waals surface area contributed by atoms with Crippen molar-refractivity contribution in [3.8, 4) is 0 Å². The molecule has 2 aromatic rings. The van der Waals surface area contributed by atoms with Gasteiger partial charge in [-0.15, -0.1) is 0 Å². The maximum absolute atomic E-state index is 6.24. The lowest BCUT2D eigenvalue weighted by Gasteiger charge is -2.28. The molecule has 6 heteroatoms. The highest BCUT2D eigenvalue weighted by Crippen LogP contribution is 2.31. The van der Waals surface area contributed by atoms with Crippen LogP contribution in [0, 0.1) is 0 Å². The first-order valence-corrected chi connectivity index (χ1v) is 6.92. The maximum Gasteiger partial charge on any atom is 0.192 e. The molecule has 0 radical (unpaired) electrons. The van der Waals surface area contributed by atoms with Gasteiger partial charge in [0.15, 0.2) is 5.79 Å². The fourth-order valence-corrected chi connectivity index (χ4v) is 2.63. The predicted octanol–water partition coefficient (Wildman–Crippen LogP) is 2.31. The second-order valence-electron chi connectivity index (χ2n) is 5.01. The Balaban J connectivity index is 1.85. The van der Waals surface area contributed by atoms with Crippen LogP contribution >= 0.6 is 11.6 Å². The first-order chi connectivity index (χ1) is 9.67. The van der Waals surface area contributed by atoms with Crippen LogP contribution in [-0.2, 0) is 22.4 Å². The average molecular weight is 294 g/mol. The zero-order chi connectivity index (χ0) is 14.0. The van der Waals surface area contributed by atoms with Crippen LogP contribution < -0.4 is 0 Å². The van der Waals surface area contributed by atoms with Crippen LogP contribution in [0.5, 0.6) is 0 Å². The van der Waals surface area contributed by atoms with E-state index in [9.17, 15) is 0 Å². The molecular weight excluding hydrogens is 278 g/mol. The molecule has 5 nitrogen and oxygen atoms in total. The van der Waals surface area contributed by atoms with E-state index in [0.717, 1.165) is 10.6 Å². The lowest BCUT2D eigenvalue weighted by atomic mass is 10.0. The molecule has 0 spiro atoms. The summed E-state index contributed by atoms with van der Waals surface area (Å²) >= 11 is 6.24. The molecule has 1 aromatic heterocycles. The molecule has 106 valence electrons. The van der Waals surface area contributed by atoms with Gasteiger partial charge in [0.05, 0.1) is 19.3 Å². The minimum absolute atomic E-state index is 0.0565. The lowest BCUT2D eigenvalue weighted by Crippen LogP contribution is -2.38. The molecule has 2 heterocycles. The molecule has 2 atom stereocenters. The van der Waals surface area contributed by atoms with Crippen LogP contribution in [-0.4, -0.2) is 33.3 Å². The van der Waals surface area contributed by atoms with Gasteiger partial charge in [0.1, 0.15) is 12.7 Å².